The van der Waals surface area contributed by atoms with Gasteiger partial charge in [0.2, 0.25) is 0 Å². The molecule has 0 fully saturated rings. The third kappa shape index (κ3) is 5.50. The van der Waals surface area contributed by atoms with Crippen molar-refractivity contribution in [3.05, 3.63) is 35.9 Å². The fourth-order valence-corrected chi connectivity index (χ4v) is 1.83. The van der Waals surface area contributed by atoms with Crippen LogP contribution in [-0.2, 0) is 4.18 Å². The lowest BCUT2D eigenvalue weighted by Gasteiger charge is -2.18. The summed E-state index contributed by atoms with van der Waals surface area (Å²) in [5.74, 6) is 0. The van der Waals surface area contributed by atoms with Crippen LogP contribution < -0.4 is 5.32 Å². The Bertz CT molecular complexity index is 300. The predicted molar refractivity (Wildman–Crippen MR) is 68.5 cm³/mol. The van der Waals surface area contributed by atoms with Crippen molar-refractivity contribution in [2.24, 2.45) is 0 Å². The summed E-state index contributed by atoms with van der Waals surface area (Å²) in [6, 6.07) is 10.1. The molecule has 1 aromatic carbocycles. The van der Waals surface area contributed by atoms with Gasteiger partial charge in [-0.25, -0.2) is 4.39 Å². The third-order valence-corrected chi connectivity index (χ3v) is 2.74. The van der Waals surface area contributed by atoms with Gasteiger partial charge < -0.3 is 9.87 Å². The molecule has 0 saturated heterocycles. The Kier molecular flexibility index (Phi) is 7.19. The van der Waals surface area contributed by atoms with Gasteiger partial charge in [-0.1, -0.05) is 37.3 Å². The first kappa shape index (κ1) is 14.4. The fourth-order valence-electron chi connectivity index (χ4n) is 1.62. The van der Waals surface area contributed by atoms with Crippen LogP contribution in [0.3, 0.4) is 0 Å². The summed E-state index contributed by atoms with van der Waals surface area (Å²) in [6.07, 6.45) is -0.223. The molecular weight excluding hydrogens is 241 g/mol. The van der Waals surface area contributed by atoms with Gasteiger partial charge in [0.05, 0.1) is 6.61 Å². The minimum absolute atomic E-state index is 0.112. The van der Waals surface area contributed by atoms with Gasteiger partial charge in [0, 0.05) is 12.6 Å². The monoisotopic (exact) mass is 259 g/mol. The molecule has 2 atom stereocenters. The maximum atomic E-state index is 13.3. The normalized spacial score (nSPS) is 14.5. The zero-order valence-electron chi connectivity index (χ0n) is 9.80. The molecule has 0 aliphatic carbocycles. The molecule has 0 spiro atoms. The first-order valence-corrected chi connectivity index (χ1v) is 6.33. The van der Waals surface area contributed by atoms with Crippen LogP contribution in [0.15, 0.2) is 30.3 Å². The summed E-state index contributed by atoms with van der Waals surface area (Å²) in [6.45, 7) is 2.16. The fraction of sp³-hybridized carbons (Fsp3) is 0.500. The Morgan fingerprint density at radius 2 is 2.12 bits per heavy atom. The third-order valence-electron chi connectivity index (χ3n) is 2.50. The van der Waals surface area contributed by atoms with Gasteiger partial charge in [0.15, 0.2) is 12.3 Å². The van der Waals surface area contributed by atoms with E-state index >= 15 is 0 Å². The molecule has 0 amide bonds. The SMILES string of the molecule is CCC(NCC(F)COSO)c1ccccc1. The maximum Gasteiger partial charge on any atom is 0.155 e. The van der Waals surface area contributed by atoms with Crippen LogP contribution in [0.1, 0.15) is 24.9 Å². The number of halogens is 1. The van der Waals surface area contributed by atoms with E-state index in [0.717, 1.165) is 12.0 Å². The van der Waals surface area contributed by atoms with E-state index in [0.29, 0.717) is 0 Å². The number of hydrogen-bond acceptors (Lipinski definition) is 4. The molecule has 2 N–H and O–H groups in total. The Hall–Kier alpha value is -0.620. The van der Waals surface area contributed by atoms with Crippen molar-refractivity contribution in [2.75, 3.05) is 13.2 Å². The van der Waals surface area contributed by atoms with E-state index in [1.165, 1.54) is 0 Å². The van der Waals surface area contributed by atoms with E-state index in [9.17, 15) is 4.39 Å². The Morgan fingerprint density at radius 3 is 2.71 bits per heavy atom. The molecular formula is C12H18FNO2S. The highest BCUT2D eigenvalue weighted by atomic mass is 32.2. The van der Waals surface area contributed by atoms with E-state index < -0.39 is 6.17 Å². The van der Waals surface area contributed by atoms with Crippen LogP contribution in [0.4, 0.5) is 4.39 Å². The quantitative estimate of drug-likeness (QED) is 0.703. The largest absolute Gasteiger partial charge is 0.307 e. The highest BCUT2D eigenvalue weighted by molar-refractivity contribution is 7.88. The van der Waals surface area contributed by atoms with Gasteiger partial charge in [-0.2, -0.15) is 0 Å². The van der Waals surface area contributed by atoms with Crippen molar-refractivity contribution in [2.45, 2.75) is 25.6 Å². The average molecular weight is 259 g/mol. The highest BCUT2D eigenvalue weighted by Gasteiger charge is 2.12. The van der Waals surface area contributed by atoms with Crippen LogP contribution in [0, 0.1) is 0 Å². The van der Waals surface area contributed by atoms with Crippen LogP contribution in [0.25, 0.3) is 0 Å². The summed E-state index contributed by atoms with van der Waals surface area (Å²) in [4.78, 5) is 0. The summed E-state index contributed by atoms with van der Waals surface area (Å²) in [5, 5.41) is 3.15. The van der Waals surface area contributed by atoms with Crippen molar-refractivity contribution in [3.8, 4) is 0 Å². The molecule has 17 heavy (non-hydrogen) atoms. The molecule has 0 saturated carbocycles. The molecule has 0 aromatic heterocycles. The number of nitrogens with one attached hydrogen (secondary N) is 1. The minimum Gasteiger partial charge on any atom is -0.307 e. The molecule has 1 aromatic rings. The predicted octanol–water partition coefficient (Wildman–Crippen LogP) is 3.20. The molecule has 0 bridgehead atoms. The number of alkyl halides is 1. The molecule has 0 aliphatic rings. The molecule has 3 nitrogen and oxygen atoms in total. The lowest BCUT2D eigenvalue weighted by atomic mass is 10.0. The molecule has 0 radical (unpaired) electrons. The molecule has 0 heterocycles. The lowest BCUT2D eigenvalue weighted by molar-refractivity contribution is 0.201. The molecule has 5 heteroatoms. The standard InChI is InChI=1S/C12H18FNO2S/c1-2-12(10-6-4-3-5-7-10)14-8-11(13)9-16-17-15/h3-7,11-12,14-15H,2,8-9H2,1H3. The van der Waals surface area contributed by atoms with Crippen LogP contribution in [0.2, 0.25) is 0 Å². The second-order valence-corrected chi connectivity index (χ2v) is 4.12. The van der Waals surface area contributed by atoms with Gasteiger partial charge >= 0.3 is 0 Å². The first-order chi connectivity index (χ1) is 8.27. The van der Waals surface area contributed by atoms with Crippen LogP contribution in [0.5, 0.6) is 0 Å². The second-order valence-electron chi connectivity index (χ2n) is 3.74. The Labute approximate surface area is 106 Å². The van der Waals surface area contributed by atoms with Crippen molar-refractivity contribution in [3.63, 3.8) is 0 Å². The Balaban J connectivity index is 2.38. The van der Waals surface area contributed by atoms with E-state index in [-0.39, 0.29) is 31.5 Å². The minimum atomic E-state index is -1.12. The van der Waals surface area contributed by atoms with Crippen molar-refractivity contribution >= 4 is 12.3 Å². The smallest absolute Gasteiger partial charge is 0.155 e. The van der Waals surface area contributed by atoms with Gasteiger partial charge in [-0.3, -0.25) is 4.18 Å². The maximum absolute atomic E-state index is 13.3. The van der Waals surface area contributed by atoms with Gasteiger partial charge in [-0.05, 0) is 12.0 Å². The number of benzene rings is 1. The highest BCUT2D eigenvalue weighted by Crippen LogP contribution is 2.15. The summed E-state index contributed by atoms with van der Waals surface area (Å²) >= 11 is 0.199. The van der Waals surface area contributed by atoms with Gasteiger partial charge in [-0.15, -0.1) is 0 Å². The van der Waals surface area contributed by atoms with Crippen LogP contribution in [-0.4, -0.2) is 23.9 Å². The van der Waals surface area contributed by atoms with Gasteiger partial charge in [0.1, 0.15) is 6.17 Å². The zero-order valence-corrected chi connectivity index (χ0v) is 10.6. The molecule has 0 aliphatic heterocycles. The summed E-state index contributed by atoms with van der Waals surface area (Å²) in [5.41, 5.74) is 1.15. The molecule has 1 rings (SSSR count). The first-order valence-electron chi connectivity index (χ1n) is 5.63. The van der Waals surface area contributed by atoms with E-state index in [1.54, 1.807) is 0 Å². The van der Waals surface area contributed by atoms with Gasteiger partial charge in [0.25, 0.3) is 0 Å². The van der Waals surface area contributed by atoms with Crippen molar-refractivity contribution in [1.29, 1.82) is 0 Å². The summed E-state index contributed by atoms with van der Waals surface area (Å²) < 4.78 is 26.1. The lowest BCUT2D eigenvalue weighted by Crippen LogP contribution is -2.30. The molecule has 2 unspecified atom stereocenters. The Morgan fingerprint density at radius 1 is 1.41 bits per heavy atom. The topological polar surface area (TPSA) is 41.5 Å². The summed E-state index contributed by atoms with van der Waals surface area (Å²) in [7, 11) is 0. The van der Waals surface area contributed by atoms with Crippen LogP contribution >= 0.6 is 12.3 Å². The second kappa shape index (κ2) is 8.47. The number of rotatable bonds is 8. The van der Waals surface area contributed by atoms with E-state index in [2.05, 4.69) is 16.4 Å². The van der Waals surface area contributed by atoms with E-state index in [4.69, 9.17) is 4.55 Å². The zero-order chi connectivity index (χ0) is 12.5. The average Bonchev–Trinajstić information content (AvgIpc) is 2.38. The van der Waals surface area contributed by atoms with Crippen molar-refractivity contribution in [1.82, 2.24) is 5.32 Å². The molecule has 96 valence electrons. The van der Waals surface area contributed by atoms with E-state index in [1.807, 2.05) is 30.3 Å². The van der Waals surface area contributed by atoms with Crippen molar-refractivity contribution < 1.29 is 13.1 Å². The number of hydrogen-bond donors (Lipinski definition) is 2.